The minimum absolute atomic E-state index is 0.208. The number of benzene rings is 1. The van der Waals surface area contributed by atoms with Crippen molar-refractivity contribution in [1.82, 2.24) is 0 Å². The van der Waals surface area contributed by atoms with E-state index in [2.05, 4.69) is 0 Å². The standard InChI is InChI=1S/C10H11FO2S/c1-10(11,9(12)13)7-5-3-4-6-8(7)14-2/h3-6H,1-2H3,(H,12,13). The number of hydrogen-bond donors (Lipinski definition) is 1. The molecule has 0 radical (unpaired) electrons. The minimum atomic E-state index is -2.32. The van der Waals surface area contributed by atoms with Gasteiger partial charge in [-0.05, 0) is 19.2 Å². The van der Waals surface area contributed by atoms with Gasteiger partial charge in [-0.2, -0.15) is 0 Å². The van der Waals surface area contributed by atoms with E-state index >= 15 is 0 Å². The summed E-state index contributed by atoms with van der Waals surface area (Å²) in [7, 11) is 0. The van der Waals surface area contributed by atoms with Crippen LogP contribution in [0.4, 0.5) is 4.39 Å². The number of hydrogen-bond acceptors (Lipinski definition) is 2. The van der Waals surface area contributed by atoms with Crippen LogP contribution in [-0.2, 0) is 10.5 Å². The zero-order chi connectivity index (χ0) is 10.8. The topological polar surface area (TPSA) is 37.3 Å². The highest BCUT2D eigenvalue weighted by Crippen LogP contribution is 2.33. The molecule has 4 heteroatoms. The van der Waals surface area contributed by atoms with Gasteiger partial charge in [-0.25, -0.2) is 9.18 Å². The number of aliphatic carboxylic acids is 1. The van der Waals surface area contributed by atoms with Gasteiger partial charge in [0.2, 0.25) is 5.67 Å². The summed E-state index contributed by atoms with van der Waals surface area (Å²) in [6.45, 7) is 1.06. The van der Waals surface area contributed by atoms with E-state index in [1.807, 2.05) is 0 Å². The molecule has 1 atom stereocenters. The van der Waals surface area contributed by atoms with Gasteiger partial charge in [0.25, 0.3) is 0 Å². The molecule has 1 unspecified atom stereocenters. The first-order chi connectivity index (χ1) is 6.50. The smallest absolute Gasteiger partial charge is 0.345 e. The van der Waals surface area contributed by atoms with Crippen molar-refractivity contribution in [3.63, 3.8) is 0 Å². The monoisotopic (exact) mass is 214 g/mol. The second-order valence-corrected chi connectivity index (χ2v) is 3.86. The summed E-state index contributed by atoms with van der Waals surface area (Å²) < 4.78 is 13.8. The molecule has 0 aliphatic carbocycles. The minimum Gasteiger partial charge on any atom is -0.479 e. The Bertz CT molecular complexity index is 350. The molecule has 1 N–H and O–H groups in total. The van der Waals surface area contributed by atoms with Crippen LogP contribution < -0.4 is 0 Å². The molecule has 0 amide bonds. The van der Waals surface area contributed by atoms with Crippen LogP contribution in [0.2, 0.25) is 0 Å². The normalized spacial score (nSPS) is 14.8. The molecular formula is C10H11FO2S. The van der Waals surface area contributed by atoms with E-state index in [1.165, 1.54) is 17.8 Å². The SMILES string of the molecule is CSc1ccccc1C(C)(F)C(=O)O. The van der Waals surface area contributed by atoms with Crippen LogP contribution in [0.5, 0.6) is 0 Å². The van der Waals surface area contributed by atoms with E-state index < -0.39 is 11.6 Å². The lowest BCUT2D eigenvalue weighted by atomic mass is 9.98. The number of carboxylic acids is 1. The number of carboxylic acid groups (broad SMARTS) is 1. The lowest BCUT2D eigenvalue weighted by molar-refractivity contribution is -0.150. The van der Waals surface area contributed by atoms with Crippen LogP contribution in [0.15, 0.2) is 29.2 Å². The van der Waals surface area contributed by atoms with Gasteiger partial charge in [0.1, 0.15) is 0 Å². The Labute approximate surface area is 86.1 Å². The molecule has 0 fully saturated rings. The van der Waals surface area contributed by atoms with Crippen LogP contribution in [0, 0.1) is 0 Å². The molecule has 0 saturated carbocycles. The van der Waals surface area contributed by atoms with Crippen molar-refractivity contribution in [2.75, 3.05) is 6.26 Å². The third-order valence-electron chi connectivity index (χ3n) is 2.01. The summed E-state index contributed by atoms with van der Waals surface area (Å²) in [5.41, 5.74) is -2.11. The highest BCUT2D eigenvalue weighted by molar-refractivity contribution is 7.98. The second kappa shape index (κ2) is 4.00. The summed E-state index contributed by atoms with van der Waals surface area (Å²) in [4.78, 5) is 11.4. The second-order valence-electron chi connectivity index (χ2n) is 3.01. The van der Waals surface area contributed by atoms with Crippen molar-refractivity contribution < 1.29 is 14.3 Å². The molecule has 0 spiro atoms. The lowest BCUT2D eigenvalue weighted by Crippen LogP contribution is -2.27. The molecule has 0 aliphatic heterocycles. The Morgan fingerprint density at radius 3 is 2.57 bits per heavy atom. The van der Waals surface area contributed by atoms with E-state index in [1.54, 1.807) is 24.5 Å². The third kappa shape index (κ3) is 1.90. The first-order valence-corrected chi connectivity index (χ1v) is 5.28. The summed E-state index contributed by atoms with van der Waals surface area (Å²) in [5.74, 6) is -1.46. The zero-order valence-electron chi connectivity index (χ0n) is 7.95. The first-order valence-electron chi connectivity index (χ1n) is 4.06. The molecule has 0 aromatic heterocycles. The fraction of sp³-hybridized carbons (Fsp3) is 0.300. The van der Waals surface area contributed by atoms with Crippen LogP contribution >= 0.6 is 11.8 Å². The van der Waals surface area contributed by atoms with Gasteiger partial charge in [-0.1, -0.05) is 18.2 Å². The van der Waals surface area contributed by atoms with Gasteiger partial charge in [0, 0.05) is 10.5 Å². The van der Waals surface area contributed by atoms with Gasteiger partial charge in [-0.15, -0.1) is 11.8 Å². The molecule has 0 saturated heterocycles. The maximum Gasteiger partial charge on any atom is 0.345 e. The highest BCUT2D eigenvalue weighted by atomic mass is 32.2. The van der Waals surface area contributed by atoms with Gasteiger partial charge >= 0.3 is 5.97 Å². The Morgan fingerprint density at radius 1 is 1.50 bits per heavy atom. The molecule has 14 heavy (non-hydrogen) atoms. The van der Waals surface area contributed by atoms with E-state index in [0.717, 1.165) is 6.92 Å². The lowest BCUT2D eigenvalue weighted by Gasteiger charge is -2.18. The van der Waals surface area contributed by atoms with E-state index in [-0.39, 0.29) is 5.56 Å². The Balaban J connectivity index is 3.24. The van der Waals surface area contributed by atoms with Gasteiger partial charge in [0.05, 0.1) is 0 Å². The molecule has 0 aliphatic rings. The first kappa shape index (κ1) is 11.0. The van der Waals surface area contributed by atoms with Crippen LogP contribution in [0.25, 0.3) is 0 Å². The number of carbonyl (C=O) groups is 1. The Kier molecular flexibility index (Phi) is 3.16. The predicted octanol–water partition coefficient (Wildman–Crippen LogP) is 2.68. The van der Waals surface area contributed by atoms with E-state index in [9.17, 15) is 9.18 Å². The van der Waals surface area contributed by atoms with Crippen molar-refractivity contribution in [3.05, 3.63) is 29.8 Å². The fourth-order valence-corrected chi connectivity index (χ4v) is 1.84. The predicted molar refractivity (Wildman–Crippen MR) is 54.3 cm³/mol. The van der Waals surface area contributed by atoms with Crippen molar-refractivity contribution in [2.45, 2.75) is 17.5 Å². The highest BCUT2D eigenvalue weighted by Gasteiger charge is 2.36. The molecule has 76 valence electrons. The maximum atomic E-state index is 13.8. The molecule has 2 nitrogen and oxygen atoms in total. The third-order valence-corrected chi connectivity index (χ3v) is 2.81. The van der Waals surface area contributed by atoms with Crippen molar-refractivity contribution >= 4 is 17.7 Å². The number of halogens is 1. The maximum absolute atomic E-state index is 13.8. The molecule has 0 bridgehead atoms. The van der Waals surface area contributed by atoms with Crippen LogP contribution in [0.3, 0.4) is 0 Å². The van der Waals surface area contributed by atoms with Crippen molar-refractivity contribution in [3.8, 4) is 0 Å². The van der Waals surface area contributed by atoms with Crippen LogP contribution in [-0.4, -0.2) is 17.3 Å². The van der Waals surface area contributed by atoms with Gasteiger partial charge in [0.15, 0.2) is 0 Å². The molecule has 0 heterocycles. The number of alkyl halides is 1. The summed E-state index contributed by atoms with van der Waals surface area (Å²) in [6, 6.07) is 6.60. The van der Waals surface area contributed by atoms with E-state index in [0.29, 0.717) is 4.90 Å². The average molecular weight is 214 g/mol. The summed E-state index contributed by atoms with van der Waals surface area (Å²) >= 11 is 1.34. The number of thioether (sulfide) groups is 1. The molecule has 1 rings (SSSR count). The molecule has 1 aromatic carbocycles. The summed E-state index contributed by atoms with van der Waals surface area (Å²) in [6.07, 6.45) is 1.79. The fourth-order valence-electron chi connectivity index (χ4n) is 1.15. The van der Waals surface area contributed by atoms with Crippen LogP contribution in [0.1, 0.15) is 12.5 Å². The van der Waals surface area contributed by atoms with Crippen molar-refractivity contribution in [1.29, 1.82) is 0 Å². The summed E-state index contributed by atoms with van der Waals surface area (Å²) in [5, 5.41) is 8.73. The van der Waals surface area contributed by atoms with Crippen molar-refractivity contribution in [2.24, 2.45) is 0 Å². The zero-order valence-corrected chi connectivity index (χ0v) is 8.77. The van der Waals surface area contributed by atoms with Gasteiger partial charge < -0.3 is 5.11 Å². The molecule has 1 aromatic rings. The largest absolute Gasteiger partial charge is 0.479 e. The Hall–Kier alpha value is -1.03. The quantitative estimate of drug-likeness (QED) is 0.786. The number of rotatable bonds is 3. The van der Waals surface area contributed by atoms with E-state index in [4.69, 9.17) is 5.11 Å². The molecular weight excluding hydrogens is 203 g/mol. The average Bonchev–Trinajstić information content (AvgIpc) is 2.17. The Morgan fingerprint density at radius 2 is 2.07 bits per heavy atom. The van der Waals surface area contributed by atoms with Gasteiger partial charge in [-0.3, -0.25) is 0 Å².